The first-order valence-corrected chi connectivity index (χ1v) is 7.73. The zero-order chi connectivity index (χ0) is 18.0. The van der Waals surface area contributed by atoms with Gasteiger partial charge in [-0.15, -0.1) is 5.10 Å². The van der Waals surface area contributed by atoms with Crippen molar-refractivity contribution in [2.24, 2.45) is 15.6 Å². The van der Waals surface area contributed by atoms with E-state index < -0.39 is 11.7 Å². The summed E-state index contributed by atoms with van der Waals surface area (Å²) in [4.78, 5) is 1.74. The molecule has 4 nitrogen and oxygen atoms in total. The fourth-order valence-electron chi connectivity index (χ4n) is 2.18. The van der Waals surface area contributed by atoms with Gasteiger partial charge in [-0.05, 0) is 30.0 Å². The Hall–Kier alpha value is -2.05. The molecule has 2 rings (SSSR count). The van der Waals surface area contributed by atoms with Gasteiger partial charge in [-0.25, -0.2) is 0 Å². The molecule has 1 aliphatic heterocycles. The highest BCUT2D eigenvalue weighted by atomic mass is 19.4. The molecular formula is C17H22F3N3O. The van der Waals surface area contributed by atoms with Crippen molar-refractivity contribution >= 4 is 12.1 Å². The lowest BCUT2D eigenvalue weighted by molar-refractivity contribution is -0.139. The molecule has 0 saturated heterocycles. The maximum Gasteiger partial charge on any atom is 0.419 e. The van der Waals surface area contributed by atoms with Gasteiger partial charge in [-0.1, -0.05) is 20.8 Å². The van der Waals surface area contributed by atoms with E-state index in [0.29, 0.717) is 24.4 Å². The van der Waals surface area contributed by atoms with Crippen molar-refractivity contribution in [2.45, 2.75) is 33.4 Å². The molecule has 0 spiro atoms. The van der Waals surface area contributed by atoms with Crippen molar-refractivity contribution in [2.75, 3.05) is 20.2 Å². The molecule has 0 atom stereocenters. The second kappa shape index (κ2) is 6.83. The maximum atomic E-state index is 13.4. The smallest absolute Gasteiger partial charge is 0.419 e. The van der Waals surface area contributed by atoms with Gasteiger partial charge in [0, 0.05) is 18.8 Å². The summed E-state index contributed by atoms with van der Waals surface area (Å²) in [7, 11) is 1.75. The van der Waals surface area contributed by atoms with Crippen LogP contribution in [0.5, 0.6) is 5.75 Å². The van der Waals surface area contributed by atoms with Crippen molar-refractivity contribution in [3.63, 3.8) is 0 Å². The lowest BCUT2D eigenvalue weighted by Crippen LogP contribution is -2.31. The molecule has 0 N–H and O–H groups in total. The van der Waals surface area contributed by atoms with E-state index in [1.807, 2.05) is 20.8 Å². The first kappa shape index (κ1) is 18.3. The quantitative estimate of drug-likeness (QED) is 0.823. The molecule has 0 aliphatic carbocycles. The van der Waals surface area contributed by atoms with Gasteiger partial charge in [0.25, 0.3) is 0 Å². The first-order valence-electron chi connectivity index (χ1n) is 7.73. The molecule has 1 heterocycles. The molecule has 0 radical (unpaired) electrons. The van der Waals surface area contributed by atoms with E-state index in [4.69, 9.17) is 4.74 Å². The topological polar surface area (TPSA) is 37.2 Å². The average Bonchev–Trinajstić information content (AvgIpc) is 2.46. The highest BCUT2D eigenvalue weighted by molar-refractivity contribution is 6.00. The lowest BCUT2D eigenvalue weighted by atomic mass is 9.93. The van der Waals surface area contributed by atoms with E-state index in [1.54, 1.807) is 24.2 Å². The highest BCUT2D eigenvalue weighted by Gasteiger charge is 2.35. The van der Waals surface area contributed by atoms with Crippen molar-refractivity contribution in [3.8, 4) is 5.75 Å². The molecular weight excluding hydrogens is 319 g/mol. The van der Waals surface area contributed by atoms with Gasteiger partial charge in [0.2, 0.25) is 0 Å². The summed E-state index contributed by atoms with van der Waals surface area (Å²) in [5, 5.41) is 7.72. The van der Waals surface area contributed by atoms with Crippen LogP contribution >= 0.6 is 0 Å². The van der Waals surface area contributed by atoms with Crippen LogP contribution in [0, 0.1) is 5.41 Å². The summed E-state index contributed by atoms with van der Waals surface area (Å²) in [6.45, 7) is 6.78. The van der Waals surface area contributed by atoms with Gasteiger partial charge >= 0.3 is 6.18 Å². The fourth-order valence-corrected chi connectivity index (χ4v) is 2.18. The predicted molar refractivity (Wildman–Crippen MR) is 88.7 cm³/mol. The highest BCUT2D eigenvalue weighted by Crippen LogP contribution is 2.37. The zero-order valence-corrected chi connectivity index (χ0v) is 14.3. The van der Waals surface area contributed by atoms with Crippen molar-refractivity contribution in [1.29, 1.82) is 0 Å². The number of alkyl halides is 3. The van der Waals surface area contributed by atoms with Gasteiger partial charge in [0.05, 0.1) is 18.7 Å². The fraction of sp³-hybridized carbons (Fsp3) is 0.529. The molecule has 0 fully saturated rings. The largest absolute Gasteiger partial charge is 0.493 e. The van der Waals surface area contributed by atoms with Crippen molar-refractivity contribution < 1.29 is 17.9 Å². The van der Waals surface area contributed by atoms with Gasteiger partial charge in [0.1, 0.15) is 5.75 Å². The number of hydrogen-bond donors (Lipinski definition) is 0. The monoisotopic (exact) mass is 341 g/mol. The van der Waals surface area contributed by atoms with Gasteiger partial charge in [-0.2, -0.15) is 18.3 Å². The van der Waals surface area contributed by atoms with Crippen LogP contribution in [0.4, 0.5) is 13.2 Å². The van der Waals surface area contributed by atoms with Crippen LogP contribution in [0.15, 0.2) is 28.4 Å². The maximum absolute atomic E-state index is 13.4. The Labute approximate surface area is 140 Å². The second-order valence-electron chi connectivity index (χ2n) is 6.97. The number of nitrogens with zero attached hydrogens (tertiary/aromatic N) is 3. The molecule has 24 heavy (non-hydrogen) atoms. The van der Waals surface area contributed by atoms with Crippen LogP contribution in [-0.2, 0) is 6.18 Å². The molecule has 7 heteroatoms. The van der Waals surface area contributed by atoms with E-state index >= 15 is 0 Å². The second-order valence-corrected chi connectivity index (χ2v) is 6.97. The number of rotatable bonds is 4. The van der Waals surface area contributed by atoms with E-state index in [-0.39, 0.29) is 17.8 Å². The number of benzene rings is 1. The summed E-state index contributed by atoms with van der Waals surface area (Å²) in [6, 6.07) is 4.01. The van der Waals surface area contributed by atoms with E-state index in [9.17, 15) is 13.2 Å². The van der Waals surface area contributed by atoms with Crippen LogP contribution in [0.2, 0.25) is 0 Å². The molecule has 0 bridgehead atoms. The Balaban J connectivity index is 2.29. The van der Waals surface area contributed by atoms with Crippen molar-refractivity contribution in [1.82, 2.24) is 4.90 Å². The van der Waals surface area contributed by atoms with Crippen LogP contribution in [0.3, 0.4) is 0 Å². The molecule has 1 aromatic rings. The standard InChI is InChI=1S/C17H22F3N3O/c1-16(2,3)7-10-24-14-6-5-12(11-13(14)17(18,19)20)15-22-21-8-9-23(15)4/h5-6,8,11H,7,9-10H2,1-4H3. The van der Waals surface area contributed by atoms with E-state index in [2.05, 4.69) is 10.2 Å². The van der Waals surface area contributed by atoms with E-state index in [0.717, 1.165) is 6.07 Å². The van der Waals surface area contributed by atoms with Crippen LogP contribution in [0.25, 0.3) is 0 Å². The Morgan fingerprint density at radius 2 is 1.92 bits per heavy atom. The Morgan fingerprint density at radius 1 is 1.21 bits per heavy atom. The summed E-state index contributed by atoms with van der Waals surface area (Å²) in [5.74, 6) is 0.252. The minimum absolute atomic E-state index is 0.00409. The molecule has 1 aliphatic rings. The minimum Gasteiger partial charge on any atom is -0.493 e. The third kappa shape index (κ3) is 4.72. The third-order valence-electron chi connectivity index (χ3n) is 3.60. The van der Waals surface area contributed by atoms with Gasteiger partial charge in [0.15, 0.2) is 5.84 Å². The van der Waals surface area contributed by atoms with Crippen LogP contribution in [0.1, 0.15) is 38.3 Å². The summed E-state index contributed by atoms with van der Waals surface area (Å²) in [5.41, 5.74) is -0.431. The molecule has 0 aromatic heterocycles. The summed E-state index contributed by atoms with van der Waals surface area (Å²) < 4.78 is 45.6. The molecule has 0 amide bonds. The molecule has 132 valence electrons. The Kier molecular flexibility index (Phi) is 5.20. The minimum atomic E-state index is -4.50. The average molecular weight is 341 g/mol. The van der Waals surface area contributed by atoms with Crippen LogP contribution in [-0.4, -0.2) is 37.1 Å². The van der Waals surface area contributed by atoms with Gasteiger partial charge < -0.3 is 9.64 Å². The normalized spacial score (nSPS) is 15.5. The third-order valence-corrected chi connectivity index (χ3v) is 3.60. The lowest BCUT2D eigenvalue weighted by Gasteiger charge is -2.23. The number of amidine groups is 1. The Morgan fingerprint density at radius 3 is 2.50 bits per heavy atom. The van der Waals surface area contributed by atoms with Crippen molar-refractivity contribution in [3.05, 3.63) is 29.3 Å². The van der Waals surface area contributed by atoms with E-state index in [1.165, 1.54) is 6.07 Å². The number of hydrogen-bond acceptors (Lipinski definition) is 4. The molecule has 0 saturated carbocycles. The molecule has 1 aromatic carbocycles. The number of halogens is 3. The molecule has 0 unspecified atom stereocenters. The zero-order valence-electron chi connectivity index (χ0n) is 14.3. The number of ether oxygens (including phenoxy) is 1. The van der Waals surface area contributed by atoms with Gasteiger partial charge in [-0.3, -0.25) is 0 Å². The Bertz CT molecular complexity index is 645. The van der Waals surface area contributed by atoms with Crippen LogP contribution < -0.4 is 4.74 Å². The summed E-state index contributed by atoms with van der Waals surface area (Å²) in [6.07, 6.45) is -2.24. The first-order chi connectivity index (χ1) is 11.1. The summed E-state index contributed by atoms with van der Waals surface area (Å²) >= 11 is 0. The SMILES string of the molecule is CN1CC=NN=C1c1ccc(OCCC(C)(C)C)c(C(F)(F)F)c1. The predicted octanol–water partition coefficient (Wildman–Crippen LogP) is 4.20.